The van der Waals surface area contributed by atoms with Crippen LogP contribution in [0.3, 0.4) is 0 Å². The number of amides is 1. The molecule has 3 rings (SSSR count). The largest absolute Gasteiger partial charge is 0.368 e. The van der Waals surface area contributed by atoms with Crippen LogP contribution < -0.4 is 10.6 Å². The van der Waals surface area contributed by atoms with Crippen molar-refractivity contribution in [3.63, 3.8) is 0 Å². The van der Waals surface area contributed by atoms with E-state index in [4.69, 9.17) is 9.26 Å². The van der Waals surface area contributed by atoms with Gasteiger partial charge in [-0.2, -0.15) is 4.98 Å². The van der Waals surface area contributed by atoms with Gasteiger partial charge in [0.05, 0.1) is 6.04 Å². The van der Waals surface area contributed by atoms with Gasteiger partial charge in [0.2, 0.25) is 0 Å². The Balaban J connectivity index is 0.00000225. The molecule has 0 radical (unpaired) electrons. The van der Waals surface area contributed by atoms with E-state index in [2.05, 4.69) is 20.8 Å². The van der Waals surface area contributed by atoms with E-state index in [0.29, 0.717) is 24.6 Å². The lowest BCUT2D eigenvalue weighted by Crippen LogP contribution is -2.54. The topological polar surface area (TPSA) is 89.3 Å². The molecule has 1 saturated heterocycles. The van der Waals surface area contributed by atoms with Crippen LogP contribution in [0.4, 0.5) is 0 Å². The Hall–Kier alpha value is -1.96. The molecule has 1 aromatic heterocycles. The van der Waals surface area contributed by atoms with Crippen molar-refractivity contribution in [2.45, 2.75) is 31.4 Å². The lowest BCUT2D eigenvalue weighted by Gasteiger charge is -2.35. The van der Waals surface area contributed by atoms with E-state index in [1.54, 1.807) is 7.11 Å². The molecule has 1 aliphatic heterocycles. The second-order valence-corrected chi connectivity index (χ2v) is 5.97. The molecule has 0 bridgehead atoms. The number of benzene rings is 1. The molecule has 0 aliphatic carbocycles. The molecule has 1 atom stereocenters. The first kappa shape index (κ1) is 19.4. The summed E-state index contributed by atoms with van der Waals surface area (Å²) >= 11 is 0. The van der Waals surface area contributed by atoms with Crippen LogP contribution in [0.25, 0.3) is 11.5 Å². The van der Waals surface area contributed by atoms with Crippen LogP contribution in [-0.4, -0.2) is 41.8 Å². The van der Waals surface area contributed by atoms with Crippen LogP contribution in [0.2, 0.25) is 0 Å². The van der Waals surface area contributed by atoms with Crippen LogP contribution in [0.15, 0.2) is 34.9 Å². The number of halogens is 1. The number of hydrogen-bond acceptors (Lipinski definition) is 6. The molecule has 2 heterocycles. The van der Waals surface area contributed by atoms with Gasteiger partial charge in [-0.25, -0.2) is 0 Å². The predicted molar refractivity (Wildman–Crippen MR) is 95.4 cm³/mol. The third-order valence-electron chi connectivity index (χ3n) is 4.41. The summed E-state index contributed by atoms with van der Waals surface area (Å²) in [5, 5.41) is 10.2. The minimum Gasteiger partial charge on any atom is -0.368 e. The highest BCUT2D eigenvalue weighted by Crippen LogP contribution is 2.24. The molecule has 1 unspecified atom stereocenters. The molecule has 2 N–H and O–H groups in total. The number of piperidine rings is 1. The first-order chi connectivity index (χ1) is 11.6. The van der Waals surface area contributed by atoms with Gasteiger partial charge in [0, 0.05) is 12.7 Å². The van der Waals surface area contributed by atoms with E-state index in [0.717, 1.165) is 18.7 Å². The molecule has 7 nitrogen and oxygen atoms in total. The van der Waals surface area contributed by atoms with Crippen molar-refractivity contribution in [1.82, 2.24) is 20.8 Å². The molecular formula is C17H23ClN4O3. The summed E-state index contributed by atoms with van der Waals surface area (Å²) in [7, 11) is 1.58. The molecule has 1 fully saturated rings. The van der Waals surface area contributed by atoms with Gasteiger partial charge < -0.3 is 19.9 Å². The quantitative estimate of drug-likeness (QED) is 0.842. The molecular weight excluding hydrogens is 344 g/mol. The number of methoxy groups -OCH3 is 1. The molecule has 2 aromatic rings. The van der Waals surface area contributed by atoms with Crippen molar-refractivity contribution in [2.24, 2.45) is 0 Å². The van der Waals surface area contributed by atoms with Crippen molar-refractivity contribution < 1.29 is 14.1 Å². The number of carbonyl (C=O) groups excluding carboxylic acids is 1. The highest BCUT2D eigenvalue weighted by atomic mass is 35.5. The van der Waals surface area contributed by atoms with Gasteiger partial charge in [0.1, 0.15) is 5.60 Å². The summed E-state index contributed by atoms with van der Waals surface area (Å²) in [6, 6.07) is 9.17. The standard InChI is InChI=1S/C17H22N4O3.ClH/c1-12(19-16(22)17(23-2)8-10-18-11-9-17)14-20-15(24-21-14)13-6-4-3-5-7-13;/h3-7,12,18H,8-11H2,1-2H3,(H,19,22);1H. The first-order valence-electron chi connectivity index (χ1n) is 8.10. The van der Waals surface area contributed by atoms with Crippen LogP contribution in [0, 0.1) is 0 Å². The summed E-state index contributed by atoms with van der Waals surface area (Å²) in [5.74, 6) is 0.752. The summed E-state index contributed by atoms with van der Waals surface area (Å²) in [5.41, 5.74) is 0.0624. The Labute approximate surface area is 152 Å². The maximum atomic E-state index is 12.7. The fraction of sp³-hybridized carbons (Fsp3) is 0.471. The first-order valence-corrected chi connectivity index (χ1v) is 8.10. The summed E-state index contributed by atoms with van der Waals surface area (Å²) in [6.07, 6.45) is 1.28. The molecule has 1 amide bonds. The van der Waals surface area contributed by atoms with Gasteiger partial charge in [0.15, 0.2) is 5.82 Å². The lowest BCUT2D eigenvalue weighted by molar-refractivity contribution is -0.147. The molecule has 136 valence electrons. The number of aromatic nitrogens is 2. The maximum absolute atomic E-state index is 12.7. The molecule has 1 aliphatic rings. The molecule has 8 heteroatoms. The average molecular weight is 367 g/mol. The highest BCUT2D eigenvalue weighted by Gasteiger charge is 2.40. The predicted octanol–water partition coefficient (Wildman–Crippen LogP) is 2.10. The van der Waals surface area contributed by atoms with Gasteiger partial charge >= 0.3 is 0 Å². The Kier molecular flexibility index (Phi) is 6.52. The molecule has 0 spiro atoms. The monoisotopic (exact) mass is 366 g/mol. The molecule has 1 aromatic carbocycles. The third kappa shape index (κ3) is 4.18. The normalized spacial score (nSPS) is 17.4. The second kappa shape index (κ2) is 8.42. The van der Waals surface area contributed by atoms with Crippen molar-refractivity contribution >= 4 is 18.3 Å². The van der Waals surface area contributed by atoms with Crippen molar-refractivity contribution in [1.29, 1.82) is 0 Å². The highest BCUT2D eigenvalue weighted by molar-refractivity contribution is 5.86. The summed E-state index contributed by atoms with van der Waals surface area (Å²) in [4.78, 5) is 17.0. The SMILES string of the molecule is COC1(C(=O)NC(C)c2noc(-c3ccccc3)n2)CCNCC1.Cl. The number of hydrogen-bond donors (Lipinski definition) is 2. The Morgan fingerprint density at radius 1 is 1.32 bits per heavy atom. The van der Waals surface area contributed by atoms with Gasteiger partial charge in [-0.05, 0) is 45.0 Å². The van der Waals surface area contributed by atoms with E-state index in [1.807, 2.05) is 37.3 Å². The third-order valence-corrected chi connectivity index (χ3v) is 4.41. The number of carbonyl (C=O) groups is 1. The number of rotatable bonds is 5. The number of nitrogens with one attached hydrogen (secondary N) is 2. The fourth-order valence-corrected chi connectivity index (χ4v) is 2.86. The van der Waals surface area contributed by atoms with Crippen LogP contribution in [-0.2, 0) is 9.53 Å². The Morgan fingerprint density at radius 2 is 2.00 bits per heavy atom. The lowest BCUT2D eigenvalue weighted by atomic mass is 9.91. The van der Waals surface area contributed by atoms with Crippen LogP contribution in [0.5, 0.6) is 0 Å². The minimum atomic E-state index is -0.786. The second-order valence-electron chi connectivity index (χ2n) is 5.97. The number of nitrogens with zero attached hydrogens (tertiary/aromatic N) is 2. The van der Waals surface area contributed by atoms with Gasteiger partial charge in [-0.1, -0.05) is 23.4 Å². The zero-order chi connectivity index (χ0) is 17.0. The Morgan fingerprint density at radius 3 is 2.64 bits per heavy atom. The summed E-state index contributed by atoms with van der Waals surface area (Å²) < 4.78 is 10.8. The average Bonchev–Trinajstić information content (AvgIpc) is 3.13. The molecule has 0 saturated carbocycles. The smallest absolute Gasteiger partial charge is 0.257 e. The minimum absolute atomic E-state index is 0. The van der Waals surface area contributed by atoms with E-state index in [1.165, 1.54) is 0 Å². The van der Waals surface area contributed by atoms with E-state index >= 15 is 0 Å². The zero-order valence-electron chi connectivity index (χ0n) is 14.3. The fourth-order valence-electron chi connectivity index (χ4n) is 2.86. The number of ether oxygens (including phenoxy) is 1. The maximum Gasteiger partial charge on any atom is 0.257 e. The molecule has 25 heavy (non-hydrogen) atoms. The summed E-state index contributed by atoms with van der Waals surface area (Å²) in [6.45, 7) is 3.36. The van der Waals surface area contributed by atoms with E-state index in [9.17, 15) is 4.79 Å². The van der Waals surface area contributed by atoms with E-state index < -0.39 is 5.60 Å². The van der Waals surface area contributed by atoms with Gasteiger partial charge in [-0.15, -0.1) is 12.4 Å². The van der Waals surface area contributed by atoms with Crippen LogP contribution >= 0.6 is 12.4 Å². The van der Waals surface area contributed by atoms with Gasteiger partial charge in [0.25, 0.3) is 11.8 Å². The van der Waals surface area contributed by atoms with Crippen molar-refractivity contribution in [2.75, 3.05) is 20.2 Å². The Bertz CT molecular complexity index is 686. The zero-order valence-corrected chi connectivity index (χ0v) is 15.1. The van der Waals surface area contributed by atoms with Crippen LogP contribution in [0.1, 0.15) is 31.6 Å². The van der Waals surface area contributed by atoms with E-state index in [-0.39, 0.29) is 24.4 Å². The van der Waals surface area contributed by atoms with Crippen molar-refractivity contribution in [3.8, 4) is 11.5 Å². The van der Waals surface area contributed by atoms with Gasteiger partial charge in [-0.3, -0.25) is 4.79 Å². The van der Waals surface area contributed by atoms with Crippen molar-refractivity contribution in [3.05, 3.63) is 36.2 Å².